The average Bonchev–Trinajstić information content (AvgIpc) is 3.69. The van der Waals surface area contributed by atoms with E-state index in [1.807, 2.05) is 0 Å². The average molecular weight is 586 g/mol. The van der Waals surface area contributed by atoms with Crippen LogP contribution in [0.4, 0.5) is 0 Å². The number of hydrogen-bond donors (Lipinski definition) is 0. The molecule has 6 aromatic carbocycles. The summed E-state index contributed by atoms with van der Waals surface area (Å²) in [6.07, 6.45) is 0. The molecule has 0 N–H and O–H groups in total. The second kappa shape index (κ2) is 9.65. The predicted octanol–water partition coefficient (Wildman–Crippen LogP) is 11.2. The zero-order valence-corrected chi connectivity index (χ0v) is 24.9. The van der Waals surface area contributed by atoms with Crippen molar-refractivity contribution in [2.75, 3.05) is 0 Å². The van der Waals surface area contributed by atoms with Gasteiger partial charge in [0, 0.05) is 32.5 Å². The molecule has 10 rings (SSSR count). The zero-order valence-electron chi connectivity index (χ0n) is 24.9. The third-order valence-corrected chi connectivity index (χ3v) is 9.45. The minimum atomic E-state index is 0.905. The van der Waals surface area contributed by atoms with Gasteiger partial charge in [-0.2, -0.15) is 0 Å². The van der Waals surface area contributed by atoms with Gasteiger partial charge >= 0.3 is 0 Å². The summed E-state index contributed by atoms with van der Waals surface area (Å²) in [6.45, 7) is 0. The van der Waals surface area contributed by atoms with E-state index < -0.39 is 0 Å². The first kappa shape index (κ1) is 25.2. The van der Waals surface area contributed by atoms with Gasteiger partial charge in [-0.25, -0.2) is 4.98 Å². The molecule has 214 valence electrons. The Morgan fingerprint density at radius 1 is 0.391 bits per heavy atom. The summed E-state index contributed by atoms with van der Waals surface area (Å²) in [7, 11) is 0. The lowest BCUT2D eigenvalue weighted by molar-refractivity contribution is 1.08. The first-order valence-electron chi connectivity index (χ1n) is 15.7. The zero-order chi connectivity index (χ0) is 30.2. The summed E-state index contributed by atoms with van der Waals surface area (Å²) in [5.41, 5.74) is 10.3. The fraction of sp³-hybridized carbons (Fsp3) is 0. The molecule has 0 radical (unpaired) electrons. The Bertz CT molecular complexity index is 2730. The number of nitrogens with zero attached hydrogens (tertiary/aromatic N) is 3. The Labute approximate surface area is 265 Å². The molecule has 0 spiro atoms. The molecule has 10 aromatic rings. The van der Waals surface area contributed by atoms with Gasteiger partial charge in [-0.05, 0) is 52.9 Å². The van der Waals surface area contributed by atoms with Crippen LogP contribution in [0, 0.1) is 0 Å². The smallest absolute Gasteiger partial charge is 0.138 e. The second-order valence-corrected chi connectivity index (χ2v) is 12.0. The lowest BCUT2D eigenvalue weighted by Crippen LogP contribution is -2.00. The van der Waals surface area contributed by atoms with Crippen LogP contribution in [0.2, 0.25) is 0 Å². The van der Waals surface area contributed by atoms with Crippen molar-refractivity contribution in [3.05, 3.63) is 164 Å². The van der Waals surface area contributed by atoms with Gasteiger partial charge in [-0.15, -0.1) is 0 Å². The quantitative estimate of drug-likeness (QED) is 0.189. The van der Waals surface area contributed by atoms with Gasteiger partial charge in [0.05, 0.1) is 33.3 Å². The van der Waals surface area contributed by atoms with Gasteiger partial charge in [0.2, 0.25) is 0 Å². The molecule has 4 heterocycles. The number of hydrogen-bond acceptors (Lipinski definition) is 1. The molecule has 0 atom stereocenters. The maximum absolute atomic E-state index is 5.35. The third-order valence-electron chi connectivity index (χ3n) is 9.45. The number of benzene rings is 6. The largest absolute Gasteiger partial charge is 0.308 e. The van der Waals surface area contributed by atoms with Crippen LogP contribution in [0.15, 0.2) is 164 Å². The normalized spacial score (nSPS) is 11.9. The Kier molecular flexibility index (Phi) is 5.28. The van der Waals surface area contributed by atoms with Crippen LogP contribution in [-0.2, 0) is 0 Å². The molecule has 3 heteroatoms. The van der Waals surface area contributed by atoms with Crippen LogP contribution >= 0.6 is 0 Å². The summed E-state index contributed by atoms with van der Waals surface area (Å²) in [5.74, 6) is 0.905. The van der Waals surface area contributed by atoms with Crippen LogP contribution in [0.1, 0.15) is 0 Å². The molecule has 46 heavy (non-hydrogen) atoms. The summed E-state index contributed by atoms with van der Waals surface area (Å²) in [5, 5.41) is 7.48. The van der Waals surface area contributed by atoms with Crippen LogP contribution in [-0.4, -0.2) is 14.0 Å². The topological polar surface area (TPSA) is 22.2 Å². The molecule has 0 aliphatic rings. The predicted molar refractivity (Wildman–Crippen MR) is 193 cm³/mol. The van der Waals surface area contributed by atoms with Gasteiger partial charge in [0.1, 0.15) is 5.82 Å². The first-order valence-corrected chi connectivity index (χ1v) is 15.7. The van der Waals surface area contributed by atoms with E-state index in [0.717, 1.165) is 33.7 Å². The van der Waals surface area contributed by atoms with E-state index in [2.05, 4.69) is 173 Å². The van der Waals surface area contributed by atoms with Crippen molar-refractivity contribution in [1.29, 1.82) is 0 Å². The van der Waals surface area contributed by atoms with Crippen molar-refractivity contribution in [3.63, 3.8) is 0 Å². The second-order valence-electron chi connectivity index (χ2n) is 12.0. The van der Waals surface area contributed by atoms with E-state index in [-0.39, 0.29) is 0 Å². The molecule has 4 aromatic heterocycles. The van der Waals surface area contributed by atoms with Gasteiger partial charge in [-0.3, -0.25) is 4.57 Å². The maximum Gasteiger partial charge on any atom is 0.138 e. The number of aromatic nitrogens is 3. The van der Waals surface area contributed by atoms with Crippen LogP contribution in [0.3, 0.4) is 0 Å². The molecule has 3 nitrogen and oxygen atoms in total. The monoisotopic (exact) mass is 585 g/mol. The molecule has 0 aliphatic heterocycles. The van der Waals surface area contributed by atoms with Crippen LogP contribution in [0.5, 0.6) is 0 Å². The minimum absolute atomic E-state index is 0.905. The van der Waals surface area contributed by atoms with E-state index in [1.54, 1.807) is 0 Å². The molecule has 0 aliphatic carbocycles. The Balaban J connectivity index is 1.37. The van der Waals surface area contributed by atoms with Crippen molar-refractivity contribution < 1.29 is 0 Å². The van der Waals surface area contributed by atoms with Crippen molar-refractivity contribution in [2.24, 2.45) is 0 Å². The Hall–Kier alpha value is -6.19. The molecular weight excluding hydrogens is 558 g/mol. The number of pyridine rings is 2. The van der Waals surface area contributed by atoms with Crippen molar-refractivity contribution >= 4 is 59.9 Å². The summed E-state index contributed by atoms with van der Waals surface area (Å²) < 4.78 is 4.83. The highest BCUT2D eigenvalue weighted by molar-refractivity contribution is 6.24. The molecule has 0 saturated heterocycles. The van der Waals surface area contributed by atoms with E-state index >= 15 is 0 Å². The Morgan fingerprint density at radius 2 is 1.00 bits per heavy atom. The van der Waals surface area contributed by atoms with Crippen LogP contribution in [0.25, 0.3) is 88.1 Å². The van der Waals surface area contributed by atoms with Crippen molar-refractivity contribution in [2.45, 2.75) is 0 Å². The standard InChI is InChI=1S/C43H27N3/c1-3-13-28(14-4-1)31-25-36(29-15-5-2-6-16-29)44-41(27-31)45-38-22-12-10-20-35(38)42-39(45)24-23-30-26-40-34-19-8-7-17-32(34)33-18-9-11-21-37(33)46(40)43(30)42/h1-27H. The van der Waals surface area contributed by atoms with E-state index in [0.29, 0.717) is 0 Å². The fourth-order valence-corrected chi connectivity index (χ4v) is 7.47. The number of para-hydroxylation sites is 2. The summed E-state index contributed by atoms with van der Waals surface area (Å²) >= 11 is 0. The van der Waals surface area contributed by atoms with Gasteiger partial charge in [0.25, 0.3) is 0 Å². The SMILES string of the molecule is c1ccc(-c2cc(-c3ccccc3)nc(-n3c4ccccc4c4c3ccc3cc5c6ccccc6c6ccccc6n5c34)c2)cc1. The van der Waals surface area contributed by atoms with E-state index in [4.69, 9.17) is 4.98 Å². The van der Waals surface area contributed by atoms with Gasteiger partial charge in [-0.1, -0.05) is 127 Å². The number of fused-ring (bicyclic) bond motifs is 12. The maximum atomic E-state index is 5.35. The minimum Gasteiger partial charge on any atom is -0.308 e. The summed E-state index contributed by atoms with van der Waals surface area (Å²) in [6, 6.07) is 58.8. The lowest BCUT2D eigenvalue weighted by Gasteiger charge is -2.13. The van der Waals surface area contributed by atoms with Crippen molar-refractivity contribution in [1.82, 2.24) is 14.0 Å². The fourth-order valence-electron chi connectivity index (χ4n) is 7.47. The third kappa shape index (κ3) is 3.57. The summed E-state index contributed by atoms with van der Waals surface area (Å²) in [4.78, 5) is 5.35. The Morgan fingerprint density at radius 3 is 1.76 bits per heavy atom. The van der Waals surface area contributed by atoms with E-state index in [1.165, 1.54) is 54.4 Å². The first-order chi connectivity index (χ1) is 22.8. The lowest BCUT2D eigenvalue weighted by atomic mass is 10.0. The molecule has 0 unspecified atom stereocenters. The molecular formula is C43H27N3. The highest BCUT2D eigenvalue weighted by atomic mass is 15.1. The highest BCUT2D eigenvalue weighted by Gasteiger charge is 2.21. The van der Waals surface area contributed by atoms with Gasteiger partial charge in [0.15, 0.2) is 0 Å². The molecule has 0 bridgehead atoms. The molecule has 0 amide bonds. The van der Waals surface area contributed by atoms with Crippen LogP contribution < -0.4 is 0 Å². The number of rotatable bonds is 3. The molecule has 0 fully saturated rings. The highest BCUT2D eigenvalue weighted by Crippen LogP contribution is 2.41. The van der Waals surface area contributed by atoms with E-state index in [9.17, 15) is 0 Å². The van der Waals surface area contributed by atoms with Crippen molar-refractivity contribution in [3.8, 4) is 28.2 Å². The van der Waals surface area contributed by atoms with Gasteiger partial charge < -0.3 is 4.40 Å². The molecule has 0 saturated carbocycles.